The third-order valence-corrected chi connectivity index (χ3v) is 6.67. The summed E-state index contributed by atoms with van der Waals surface area (Å²) in [6.45, 7) is 1.55. The Balaban J connectivity index is 1.22. The summed E-state index contributed by atoms with van der Waals surface area (Å²) < 4.78 is 19.5. The van der Waals surface area contributed by atoms with Gasteiger partial charge in [0.1, 0.15) is 17.6 Å². The van der Waals surface area contributed by atoms with Gasteiger partial charge in [-0.3, -0.25) is 9.59 Å². The van der Waals surface area contributed by atoms with E-state index in [1.54, 1.807) is 72.8 Å². The van der Waals surface area contributed by atoms with E-state index in [0.29, 0.717) is 48.7 Å². The maximum absolute atomic E-state index is 13.7. The molecule has 4 aromatic rings. The van der Waals surface area contributed by atoms with E-state index >= 15 is 0 Å². The molecule has 0 aromatic heterocycles. The zero-order chi connectivity index (χ0) is 29.7. The molecule has 0 saturated heterocycles. The summed E-state index contributed by atoms with van der Waals surface area (Å²) >= 11 is 0. The highest BCUT2D eigenvalue weighted by atomic mass is 19.1. The first-order valence-corrected chi connectivity index (χ1v) is 13.8. The minimum absolute atomic E-state index is 0.111. The Labute approximate surface area is 244 Å². The van der Waals surface area contributed by atoms with E-state index in [4.69, 9.17) is 4.74 Å². The number of nitrogens with one attached hydrogen (secondary N) is 2. The number of benzene rings is 4. The number of ketones is 2. The fraction of sp³-hybridized carbons (Fsp3) is 0.206. The van der Waals surface area contributed by atoms with Crippen LogP contribution in [0.2, 0.25) is 0 Å². The van der Waals surface area contributed by atoms with Crippen molar-refractivity contribution in [1.29, 1.82) is 0 Å². The number of halogens is 1. The van der Waals surface area contributed by atoms with Crippen LogP contribution in [0.4, 0.5) is 10.1 Å². The van der Waals surface area contributed by atoms with Crippen LogP contribution >= 0.6 is 0 Å². The van der Waals surface area contributed by atoms with Gasteiger partial charge in [-0.1, -0.05) is 66.7 Å². The van der Waals surface area contributed by atoms with Crippen LogP contribution in [-0.2, 0) is 11.2 Å². The van der Waals surface area contributed by atoms with Gasteiger partial charge in [0.2, 0.25) is 0 Å². The number of carbonyl (C=O) groups is 3. The topological polar surface area (TPSA) is 105 Å². The van der Waals surface area contributed by atoms with Gasteiger partial charge in [0, 0.05) is 36.2 Å². The van der Waals surface area contributed by atoms with Gasteiger partial charge in [-0.2, -0.15) is 0 Å². The second-order valence-electron chi connectivity index (χ2n) is 9.73. The molecular weight excluding hydrogens is 535 g/mol. The number of para-hydroxylation sites is 1. The van der Waals surface area contributed by atoms with Gasteiger partial charge in [-0.15, -0.1) is 0 Å². The van der Waals surface area contributed by atoms with Gasteiger partial charge in [-0.25, -0.2) is 9.18 Å². The lowest BCUT2D eigenvalue weighted by Gasteiger charge is -2.18. The zero-order valence-corrected chi connectivity index (χ0v) is 23.1. The van der Waals surface area contributed by atoms with E-state index in [9.17, 15) is 23.9 Å². The van der Waals surface area contributed by atoms with Crippen LogP contribution in [0.1, 0.15) is 44.7 Å². The Hall–Kier alpha value is -4.82. The molecule has 0 radical (unpaired) electrons. The van der Waals surface area contributed by atoms with Gasteiger partial charge in [0.25, 0.3) is 0 Å². The summed E-state index contributed by atoms with van der Waals surface area (Å²) in [6.07, 6.45) is 1.13. The Morgan fingerprint density at radius 2 is 1.45 bits per heavy atom. The highest BCUT2D eigenvalue weighted by Crippen LogP contribution is 2.22. The summed E-state index contributed by atoms with van der Waals surface area (Å²) in [5.41, 5.74) is 2.31. The molecule has 4 aromatic carbocycles. The number of Topliss-reactive ketones (excluding diaryl/α,β-unsaturated/α-hetero) is 1. The lowest BCUT2D eigenvalue weighted by Crippen LogP contribution is -2.32. The fourth-order valence-corrected chi connectivity index (χ4v) is 4.43. The molecule has 0 aliphatic carbocycles. The summed E-state index contributed by atoms with van der Waals surface area (Å²) in [5, 5.41) is 16.1. The SMILES string of the molecule is O=C(CCNCCCOc1ccc(CC(Nc2ccccc2C(=O)c2ccccc2)C(=O)O)cc1)c1ccccc1F. The Morgan fingerprint density at radius 3 is 2.17 bits per heavy atom. The van der Waals surface area contributed by atoms with E-state index in [1.807, 2.05) is 18.2 Å². The molecule has 0 saturated carbocycles. The number of hydrogen-bond acceptors (Lipinski definition) is 6. The minimum Gasteiger partial charge on any atom is -0.494 e. The number of rotatable bonds is 16. The van der Waals surface area contributed by atoms with Crippen LogP contribution in [0.3, 0.4) is 0 Å². The number of anilines is 1. The van der Waals surface area contributed by atoms with Crippen molar-refractivity contribution in [3.8, 4) is 5.75 Å². The van der Waals surface area contributed by atoms with Crippen molar-refractivity contribution in [3.05, 3.63) is 131 Å². The van der Waals surface area contributed by atoms with Gasteiger partial charge in [0.15, 0.2) is 11.6 Å². The average molecular weight is 569 g/mol. The molecule has 0 aliphatic heterocycles. The Bertz CT molecular complexity index is 1490. The molecule has 216 valence electrons. The molecule has 7 nitrogen and oxygen atoms in total. The van der Waals surface area contributed by atoms with Crippen molar-refractivity contribution in [1.82, 2.24) is 5.32 Å². The summed E-state index contributed by atoms with van der Waals surface area (Å²) in [5.74, 6) is -1.29. The fourth-order valence-electron chi connectivity index (χ4n) is 4.43. The van der Waals surface area contributed by atoms with E-state index in [2.05, 4.69) is 10.6 Å². The van der Waals surface area contributed by atoms with Crippen molar-refractivity contribution in [2.45, 2.75) is 25.3 Å². The molecule has 0 fully saturated rings. The number of carbonyl (C=O) groups excluding carboxylic acids is 2. The maximum atomic E-state index is 13.7. The van der Waals surface area contributed by atoms with Gasteiger partial charge >= 0.3 is 5.97 Å². The number of carboxylic acids is 1. The predicted octanol–water partition coefficient (Wildman–Crippen LogP) is 5.80. The number of aliphatic carboxylic acids is 1. The van der Waals surface area contributed by atoms with Crippen LogP contribution in [-0.4, -0.2) is 48.4 Å². The number of ether oxygens (including phenoxy) is 1. The van der Waals surface area contributed by atoms with Crippen molar-refractivity contribution >= 4 is 23.2 Å². The van der Waals surface area contributed by atoms with Crippen molar-refractivity contribution < 1.29 is 28.6 Å². The van der Waals surface area contributed by atoms with Gasteiger partial charge in [0.05, 0.1) is 12.2 Å². The molecule has 0 bridgehead atoms. The molecule has 1 unspecified atom stereocenters. The minimum atomic E-state index is -1.03. The average Bonchev–Trinajstić information content (AvgIpc) is 3.01. The Morgan fingerprint density at radius 1 is 0.786 bits per heavy atom. The zero-order valence-electron chi connectivity index (χ0n) is 23.1. The van der Waals surface area contributed by atoms with Crippen molar-refractivity contribution in [3.63, 3.8) is 0 Å². The second kappa shape index (κ2) is 15.3. The number of hydrogen-bond donors (Lipinski definition) is 3. The molecule has 1 atom stereocenters. The second-order valence-corrected chi connectivity index (χ2v) is 9.73. The predicted molar refractivity (Wildman–Crippen MR) is 160 cm³/mol. The largest absolute Gasteiger partial charge is 0.494 e. The molecule has 8 heteroatoms. The first-order valence-electron chi connectivity index (χ1n) is 13.8. The molecule has 0 spiro atoms. The van der Waals surface area contributed by atoms with Crippen LogP contribution in [0.25, 0.3) is 0 Å². The van der Waals surface area contributed by atoms with Gasteiger partial charge < -0.3 is 20.5 Å². The molecule has 42 heavy (non-hydrogen) atoms. The summed E-state index contributed by atoms with van der Waals surface area (Å²) in [6, 6.07) is 28.0. The maximum Gasteiger partial charge on any atom is 0.326 e. The smallest absolute Gasteiger partial charge is 0.326 e. The summed E-state index contributed by atoms with van der Waals surface area (Å²) in [4.78, 5) is 37.2. The van der Waals surface area contributed by atoms with E-state index < -0.39 is 17.8 Å². The summed E-state index contributed by atoms with van der Waals surface area (Å²) in [7, 11) is 0. The molecule has 0 amide bonds. The molecular formula is C34H33FN2O5. The van der Waals surface area contributed by atoms with Crippen LogP contribution in [0.5, 0.6) is 5.75 Å². The third-order valence-electron chi connectivity index (χ3n) is 6.67. The van der Waals surface area contributed by atoms with Crippen LogP contribution in [0, 0.1) is 5.82 Å². The number of carboxylic acid groups (broad SMARTS) is 1. The lowest BCUT2D eigenvalue weighted by atomic mass is 10.00. The van der Waals surface area contributed by atoms with Gasteiger partial charge in [-0.05, 0) is 54.9 Å². The molecule has 0 heterocycles. The van der Waals surface area contributed by atoms with Crippen molar-refractivity contribution in [2.75, 3.05) is 25.0 Å². The normalized spacial score (nSPS) is 11.5. The monoisotopic (exact) mass is 568 g/mol. The molecule has 3 N–H and O–H groups in total. The lowest BCUT2D eigenvalue weighted by molar-refractivity contribution is -0.137. The molecule has 0 aliphatic rings. The highest BCUT2D eigenvalue weighted by Gasteiger charge is 2.21. The highest BCUT2D eigenvalue weighted by molar-refractivity contribution is 6.12. The van der Waals surface area contributed by atoms with E-state index in [1.165, 1.54) is 12.1 Å². The third kappa shape index (κ3) is 8.59. The first-order chi connectivity index (χ1) is 20.4. The standard InChI is InChI=1S/C34H33FN2O5/c35-29-13-6-4-11-27(29)32(38)19-21-36-20-8-22-42-26-17-15-24(16-18-26)23-31(34(40)41)37-30-14-7-5-12-28(30)33(39)25-9-2-1-3-10-25/h1-7,9-18,31,36-37H,8,19-23H2,(H,40,41). The Kier molecular flexibility index (Phi) is 10.9. The van der Waals surface area contributed by atoms with E-state index in [0.717, 1.165) is 5.56 Å². The quantitative estimate of drug-likeness (QED) is 0.116. The van der Waals surface area contributed by atoms with E-state index in [-0.39, 0.29) is 30.0 Å². The van der Waals surface area contributed by atoms with Crippen molar-refractivity contribution in [2.24, 2.45) is 0 Å². The van der Waals surface area contributed by atoms with Crippen LogP contribution < -0.4 is 15.4 Å². The first kappa shape index (κ1) is 30.1. The van der Waals surface area contributed by atoms with Crippen LogP contribution in [0.15, 0.2) is 103 Å². The molecule has 4 rings (SSSR count).